The molecule has 1 amide bonds. The molecule has 1 aliphatic heterocycles. The number of amides is 1. The van der Waals surface area contributed by atoms with E-state index in [0.29, 0.717) is 48.6 Å². The first kappa shape index (κ1) is 24.9. The summed E-state index contributed by atoms with van der Waals surface area (Å²) >= 11 is 0. The van der Waals surface area contributed by atoms with E-state index in [2.05, 4.69) is 10.6 Å². The zero-order valence-corrected chi connectivity index (χ0v) is 20.4. The Morgan fingerprint density at radius 2 is 2.00 bits per heavy atom. The predicted octanol–water partition coefficient (Wildman–Crippen LogP) is 4.02. The second-order valence-electron chi connectivity index (χ2n) is 8.80. The van der Waals surface area contributed by atoms with Gasteiger partial charge in [0.2, 0.25) is 0 Å². The second kappa shape index (κ2) is 11.5. The molecule has 3 aromatic rings. The fourth-order valence-electron chi connectivity index (χ4n) is 3.64. The molecule has 9 heteroatoms. The minimum atomic E-state index is -0.160. The van der Waals surface area contributed by atoms with Gasteiger partial charge in [-0.1, -0.05) is 38.1 Å². The molecule has 0 saturated heterocycles. The Labute approximate surface area is 210 Å². The van der Waals surface area contributed by atoms with Crippen LogP contribution in [-0.4, -0.2) is 35.2 Å². The SMILES string of the molecule is CC(C)CNC(=O)COc1cccc(-c2nc3c(c(Nc4ccc(/C(C=N)=C/N)cc4)n2)COC3)c1. The summed E-state index contributed by atoms with van der Waals surface area (Å²) in [5.41, 5.74) is 10.4. The van der Waals surface area contributed by atoms with Gasteiger partial charge in [-0.3, -0.25) is 4.79 Å². The largest absolute Gasteiger partial charge is 0.484 e. The molecule has 2 heterocycles. The molecule has 0 unspecified atom stereocenters. The van der Waals surface area contributed by atoms with Gasteiger partial charge in [-0.2, -0.15) is 0 Å². The van der Waals surface area contributed by atoms with Crippen molar-refractivity contribution < 1.29 is 14.3 Å². The zero-order chi connectivity index (χ0) is 25.5. The Morgan fingerprint density at radius 3 is 2.72 bits per heavy atom. The molecule has 9 nitrogen and oxygen atoms in total. The average molecular weight is 487 g/mol. The van der Waals surface area contributed by atoms with E-state index in [1.54, 1.807) is 6.07 Å². The third-order valence-electron chi connectivity index (χ3n) is 5.56. The number of nitrogens with one attached hydrogen (secondary N) is 3. The number of fused-ring (bicyclic) bond motifs is 1. The number of carbonyl (C=O) groups is 1. The molecular weight excluding hydrogens is 456 g/mol. The lowest BCUT2D eigenvalue weighted by Gasteiger charge is -2.13. The van der Waals surface area contributed by atoms with Crippen molar-refractivity contribution in [1.82, 2.24) is 15.3 Å². The van der Waals surface area contributed by atoms with E-state index < -0.39 is 0 Å². The summed E-state index contributed by atoms with van der Waals surface area (Å²) in [7, 11) is 0. The monoisotopic (exact) mass is 486 g/mol. The van der Waals surface area contributed by atoms with Crippen molar-refractivity contribution in [2.75, 3.05) is 18.5 Å². The van der Waals surface area contributed by atoms with Crippen molar-refractivity contribution >= 4 is 29.2 Å². The van der Waals surface area contributed by atoms with Crippen molar-refractivity contribution in [1.29, 1.82) is 5.41 Å². The number of hydrogen-bond acceptors (Lipinski definition) is 8. The molecule has 0 bridgehead atoms. The van der Waals surface area contributed by atoms with Crippen molar-refractivity contribution in [3.63, 3.8) is 0 Å². The van der Waals surface area contributed by atoms with Crippen LogP contribution in [0.1, 0.15) is 30.7 Å². The molecule has 4 rings (SSSR count). The highest BCUT2D eigenvalue weighted by Crippen LogP contribution is 2.31. The summed E-state index contributed by atoms with van der Waals surface area (Å²) in [6.07, 6.45) is 2.63. The Kier molecular flexibility index (Phi) is 7.92. The third kappa shape index (κ3) is 6.05. The van der Waals surface area contributed by atoms with Gasteiger partial charge in [0.05, 0.1) is 18.9 Å². The van der Waals surface area contributed by atoms with Gasteiger partial charge in [-0.25, -0.2) is 9.97 Å². The van der Waals surface area contributed by atoms with Crippen LogP contribution in [0.15, 0.2) is 54.7 Å². The minimum absolute atomic E-state index is 0.0586. The zero-order valence-electron chi connectivity index (χ0n) is 20.4. The molecule has 0 aliphatic carbocycles. The van der Waals surface area contributed by atoms with E-state index in [-0.39, 0.29) is 12.5 Å². The fraction of sp³-hybridized carbons (Fsp3) is 0.259. The van der Waals surface area contributed by atoms with E-state index in [1.165, 1.54) is 12.4 Å². The molecular formula is C27H30N6O3. The molecule has 186 valence electrons. The number of ether oxygens (including phenoxy) is 2. The van der Waals surface area contributed by atoms with E-state index in [4.69, 9.17) is 30.6 Å². The third-order valence-corrected chi connectivity index (χ3v) is 5.56. The van der Waals surface area contributed by atoms with Gasteiger partial charge < -0.3 is 31.3 Å². The first-order valence-corrected chi connectivity index (χ1v) is 11.7. The molecule has 0 saturated carbocycles. The number of anilines is 2. The lowest BCUT2D eigenvalue weighted by Crippen LogP contribution is -2.31. The van der Waals surface area contributed by atoms with Crippen LogP contribution in [0.5, 0.6) is 5.75 Å². The van der Waals surface area contributed by atoms with Crippen LogP contribution in [0, 0.1) is 11.3 Å². The number of allylic oxidation sites excluding steroid dienone is 1. The van der Waals surface area contributed by atoms with Gasteiger partial charge in [-0.05, 0) is 35.7 Å². The van der Waals surface area contributed by atoms with Crippen LogP contribution < -0.4 is 21.1 Å². The lowest BCUT2D eigenvalue weighted by molar-refractivity contribution is -0.123. The van der Waals surface area contributed by atoms with Crippen LogP contribution >= 0.6 is 0 Å². The second-order valence-corrected chi connectivity index (χ2v) is 8.80. The molecule has 1 aliphatic rings. The Balaban J connectivity index is 1.54. The van der Waals surface area contributed by atoms with Crippen LogP contribution in [0.3, 0.4) is 0 Å². The topological polar surface area (TPSA) is 135 Å². The Hall–Kier alpha value is -4.24. The fourth-order valence-corrected chi connectivity index (χ4v) is 3.64. The quantitative estimate of drug-likeness (QED) is 0.318. The molecule has 5 N–H and O–H groups in total. The van der Waals surface area contributed by atoms with Crippen LogP contribution in [-0.2, 0) is 22.7 Å². The van der Waals surface area contributed by atoms with Gasteiger partial charge in [0.15, 0.2) is 12.4 Å². The Bertz CT molecular complexity index is 1270. The summed E-state index contributed by atoms with van der Waals surface area (Å²) < 4.78 is 11.3. The lowest BCUT2D eigenvalue weighted by atomic mass is 10.1. The summed E-state index contributed by atoms with van der Waals surface area (Å²) in [4.78, 5) is 21.5. The molecule has 0 radical (unpaired) electrons. The summed E-state index contributed by atoms with van der Waals surface area (Å²) in [6.45, 7) is 5.47. The van der Waals surface area contributed by atoms with Gasteiger partial charge in [0.25, 0.3) is 5.91 Å². The molecule has 1 aromatic heterocycles. The molecule has 0 fully saturated rings. The van der Waals surface area contributed by atoms with E-state index >= 15 is 0 Å². The first-order chi connectivity index (χ1) is 17.5. The summed E-state index contributed by atoms with van der Waals surface area (Å²) in [6, 6.07) is 15.0. The van der Waals surface area contributed by atoms with E-state index in [9.17, 15) is 4.79 Å². The first-order valence-electron chi connectivity index (χ1n) is 11.7. The van der Waals surface area contributed by atoms with Crippen molar-refractivity contribution in [2.24, 2.45) is 11.7 Å². The molecule has 2 aromatic carbocycles. The minimum Gasteiger partial charge on any atom is -0.484 e. The van der Waals surface area contributed by atoms with Crippen molar-refractivity contribution in [2.45, 2.75) is 27.1 Å². The van der Waals surface area contributed by atoms with Crippen LogP contribution in [0.25, 0.3) is 17.0 Å². The van der Waals surface area contributed by atoms with Crippen LogP contribution in [0.4, 0.5) is 11.5 Å². The highest BCUT2D eigenvalue weighted by molar-refractivity contribution is 6.08. The maximum absolute atomic E-state index is 12.0. The van der Waals surface area contributed by atoms with Gasteiger partial charge in [-0.15, -0.1) is 0 Å². The number of nitrogens with two attached hydrogens (primary N) is 1. The van der Waals surface area contributed by atoms with Crippen molar-refractivity contribution in [3.05, 3.63) is 71.6 Å². The van der Waals surface area contributed by atoms with Gasteiger partial charge in [0.1, 0.15) is 11.6 Å². The number of benzene rings is 2. The maximum Gasteiger partial charge on any atom is 0.257 e. The normalized spacial score (nSPS) is 12.8. The Morgan fingerprint density at radius 1 is 1.19 bits per heavy atom. The van der Waals surface area contributed by atoms with E-state index in [0.717, 1.165) is 28.1 Å². The predicted molar refractivity (Wildman–Crippen MR) is 140 cm³/mol. The molecule has 0 spiro atoms. The summed E-state index contributed by atoms with van der Waals surface area (Å²) in [5.74, 6) is 1.98. The molecule has 0 atom stereocenters. The standard InChI is InChI=1S/C27H30N6O3/c1-17(2)13-30-25(34)16-36-22-5-3-4-19(10-22)26-32-24-15-35-14-23(24)27(33-26)31-21-8-6-18(7-9-21)20(11-28)12-29/h3-12,17,28H,13-16,29H2,1-2H3,(H,30,34)(H,31,32,33)/b20-12+,28-11?. The highest BCUT2D eigenvalue weighted by atomic mass is 16.5. The van der Waals surface area contributed by atoms with Gasteiger partial charge >= 0.3 is 0 Å². The smallest absolute Gasteiger partial charge is 0.257 e. The number of carbonyl (C=O) groups excluding carboxylic acids is 1. The highest BCUT2D eigenvalue weighted by Gasteiger charge is 2.21. The average Bonchev–Trinajstić information content (AvgIpc) is 3.37. The van der Waals surface area contributed by atoms with Gasteiger partial charge in [0, 0.05) is 41.3 Å². The maximum atomic E-state index is 12.0. The van der Waals surface area contributed by atoms with Crippen LogP contribution in [0.2, 0.25) is 0 Å². The summed E-state index contributed by atoms with van der Waals surface area (Å²) in [5, 5.41) is 13.7. The van der Waals surface area contributed by atoms with Crippen molar-refractivity contribution in [3.8, 4) is 17.1 Å². The van der Waals surface area contributed by atoms with E-state index in [1.807, 2.05) is 56.3 Å². The number of aromatic nitrogens is 2. The number of rotatable bonds is 10. The number of hydrogen-bond donors (Lipinski definition) is 4. The molecule has 36 heavy (non-hydrogen) atoms. The number of nitrogens with zero attached hydrogens (tertiary/aromatic N) is 2.